The van der Waals surface area contributed by atoms with Gasteiger partial charge in [0, 0.05) is 37.3 Å². The summed E-state index contributed by atoms with van der Waals surface area (Å²) in [5, 5.41) is 3.13. The summed E-state index contributed by atoms with van der Waals surface area (Å²) in [6.07, 6.45) is 0.931. The molecule has 6 nitrogen and oxygen atoms in total. The molecule has 2 heterocycles. The van der Waals surface area contributed by atoms with Gasteiger partial charge in [-0.2, -0.15) is 0 Å². The van der Waals surface area contributed by atoms with E-state index in [1.807, 2.05) is 26.0 Å². The molecule has 1 fully saturated rings. The van der Waals surface area contributed by atoms with Crippen molar-refractivity contribution in [2.24, 2.45) is 0 Å². The molecule has 2 aromatic carbocycles. The average Bonchev–Trinajstić information content (AvgIpc) is 3.21. The number of methoxy groups -OCH3 is 1. The molecule has 0 spiro atoms. The van der Waals surface area contributed by atoms with Crippen LogP contribution in [0.3, 0.4) is 0 Å². The van der Waals surface area contributed by atoms with Crippen molar-refractivity contribution in [1.29, 1.82) is 0 Å². The molecule has 0 amide bonds. The predicted molar refractivity (Wildman–Crippen MR) is 131 cm³/mol. The van der Waals surface area contributed by atoms with Gasteiger partial charge in [-0.3, -0.25) is 4.90 Å². The number of likely N-dealkylation sites (tertiary alicyclic amines) is 1. The maximum Gasteiger partial charge on any atom is 0.336 e. The standard InChI is InChI=1S/C28H32N2O4/c1-19-23(26(31)33-4)17-24(20(2)29-19)27(32)34-28(3)15-16-30(18-28)25(21-11-7-5-8-12-21)22-13-9-6-10-14-22/h5-14,25,29H,15-18H2,1-4H3. The fourth-order valence-electron chi connectivity index (χ4n) is 4.89. The molecule has 2 aliphatic heterocycles. The second kappa shape index (κ2) is 9.85. The molecule has 34 heavy (non-hydrogen) atoms. The zero-order chi connectivity index (χ0) is 24.3. The summed E-state index contributed by atoms with van der Waals surface area (Å²) in [6, 6.07) is 20.9. The number of carbonyl (C=O) groups is 2. The van der Waals surface area contributed by atoms with Crippen molar-refractivity contribution >= 4 is 11.9 Å². The van der Waals surface area contributed by atoms with E-state index in [4.69, 9.17) is 9.47 Å². The van der Waals surface area contributed by atoms with Crippen LogP contribution >= 0.6 is 0 Å². The Morgan fingerprint density at radius 3 is 1.97 bits per heavy atom. The number of esters is 2. The molecule has 0 aliphatic carbocycles. The fraction of sp³-hybridized carbons (Fsp3) is 0.357. The monoisotopic (exact) mass is 460 g/mol. The Morgan fingerprint density at radius 1 is 0.912 bits per heavy atom. The highest BCUT2D eigenvalue weighted by Gasteiger charge is 2.41. The average molecular weight is 461 g/mol. The van der Waals surface area contributed by atoms with Gasteiger partial charge in [-0.05, 0) is 31.9 Å². The summed E-state index contributed by atoms with van der Waals surface area (Å²) in [6.45, 7) is 7.05. The van der Waals surface area contributed by atoms with Gasteiger partial charge in [0.15, 0.2) is 0 Å². The highest BCUT2D eigenvalue weighted by molar-refractivity contribution is 5.96. The van der Waals surface area contributed by atoms with E-state index in [9.17, 15) is 9.59 Å². The van der Waals surface area contributed by atoms with Crippen molar-refractivity contribution in [1.82, 2.24) is 10.2 Å². The molecule has 6 heteroatoms. The van der Waals surface area contributed by atoms with Gasteiger partial charge in [-0.1, -0.05) is 60.7 Å². The van der Waals surface area contributed by atoms with E-state index < -0.39 is 11.6 Å². The molecule has 1 atom stereocenters. The van der Waals surface area contributed by atoms with Crippen molar-refractivity contribution in [2.45, 2.75) is 45.3 Å². The zero-order valence-electron chi connectivity index (χ0n) is 20.3. The number of rotatable bonds is 6. The molecule has 0 saturated carbocycles. The lowest BCUT2D eigenvalue weighted by Crippen LogP contribution is -2.38. The Kier molecular flexibility index (Phi) is 6.89. The minimum Gasteiger partial charge on any atom is -0.466 e. The molecular formula is C28H32N2O4. The van der Waals surface area contributed by atoms with E-state index in [2.05, 4.69) is 58.7 Å². The first-order valence-electron chi connectivity index (χ1n) is 11.6. The lowest BCUT2D eigenvalue weighted by Gasteiger charge is -2.31. The minimum atomic E-state index is -0.631. The third-order valence-corrected chi connectivity index (χ3v) is 6.71. The molecule has 178 valence electrons. The first-order valence-corrected chi connectivity index (χ1v) is 11.6. The molecule has 0 aromatic heterocycles. The third-order valence-electron chi connectivity index (χ3n) is 6.71. The van der Waals surface area contributed by atoms with Gasteiger partial charge in [0.05, 0.1) is 24.3 Å². The molecule has 4 rings (SSSR count). The van der Waals surface area contributed by atoms with Crippen molar-refractivity contribution in [3.8, 4) is 0 Å². The molecule has 1 saturated heterocycles. The summed E-state index contributed by atoms with van der Waals surface area (Å²) >= 11 is 0. The molecule has 1 N–H and O–H groups in total. The van der Waals surface area contributed by atoms with Gasteiger partial charge in [-0.15, -0.1) is 0 Å². The van der Waals surface area contributed by atoms with Crippen LogP contribution in [0.25, 0.3) is 0 Å². The molecule has 2 aromatic rings. The van der Waals surface area contributed by atoms with E-state index in [1.165, 1.54) is 18.2 Å². The number of hydrogen-bond donors (Lipinski definition) is 1. The third kappa shape index (κ3) is 4.92. The Hall–Kier alpha value is -3.38. The summed E-state index contributed by atoms with van der Waals surface area (Å²) in [5.41, 5.74) is 4.12. The first kappa shape index (κ1) is 23.8. The Bertz CT molecular complexity index is 1080. The van der Waals surface area contributed by atoms with E-state index in [0.29, 0.717) is 29.1 Å². The van der Waals surface area contributed by atoms with Crippen molar-refractivity contribution in [3.63, 3.8) is 0 Å². The van der Waals surface area contributed by atoms with Gasteiger partial charge in [0.2, 0.25) is 0 Å². The predicted octanol–water partition coefficient (Wildman–Crippen LogP) is 4.50. The van der Waals surface area contributed by atoms with Crippen LogP contribution in [-0.4, -0.2) is 42.6 Å². The smallest absolute Gasteiger partial charge is 0.336 e. The number of benzene rings is 2. The lowest BCUT2D eigenvalue weighted by atomic mass is 9.97. The van der Waals surface area contributed by atoms with Crippen LogP contribution in [0.5, 0.6) is 0 Å². The molecule has 0 bridgehead atoms. The Balaban J connectivity index is 1.52. The number of hydrogen-bond acceptors (Lipinski definition) is 6. The van der Waals surface area contributed by atoms with E-state index in [-0.39, 0.29) is 18.4 Å². The van der Waals surface area contributed by atoms with Crippen LogP contribution in [-0.2, 0) is 19.1 Å². The van der Waals surface area contributed by atoms with Crippen LogP contribution in [0.1, 0.15) is 50.8 Å². The van der Waals surface area contributed by atoms with Gasteiger partial charge >= 0.3 is 11.9 Å². The number of nitrogens with one attached hydrogen (secondary N) is 1. The van der Waals surface area contributed by atoms with E-state index >= 15 is 0 Å². The van der Waals surface area contributed by atoms with Gasteiger partial charge in [0.1, 0.15) is 5.60 Å². The second-order valence-electron chi connectivity index (χ2n) is 9.28. The van der Waals surface area contributed by atoms with Crippen LogP contribution in [0.2, 0.25) is 0 Å². The van der Waals surface area contributed by atoms with Crippen molar-refractivity contribution in [2.75, 3.05) is 20.2 Å². The SMILES string of the molecule is COC(=O)C1=C(C)NC(C)=C(C(=O)OC2(C)CCN(C(c3ccccc3)c3ccccc3)C2)C1. The van der Waals surface area contributed by atoms with Crippen molar-refractivity contribution < 1.29 is 19.1 Å². The van der Waals surface area contributed by atoms with Gasteiger partial charge in [-0.25, -0.2) is 9.59 Å². The molecule has 0 radical (unpaired) electrons. The molecule has 1 unspecified atom stereocenters. The van der Waals surface area contributed by atoms with E-state index in [0.717, 1.165) is 13.0 Å². The first-order chi connectivity index (χ1) is 16.3. The quantitative estimate of drug-likeness (QED) is 0.641. The second-order valence-corrected chi connectivity index (χ2v) is 9.28. The zero-order valence-corrected chi connectivity index (χ0v) is 20.3. The highest BCUT2D eigenvalue weighted by Crippen LogP contribution is 2.37. The van der Waals surface area contributed by atoms with Crippen molar-refractivity contribution in [3.05, 3.63) is 94.3 Å². The fourth-order valence-corrected chi connectivity index (χ4v) is 4.89. The van der Waals surface area contributed by atoms with Crippen LogP contribution < -0.4 is 5.32 Å². The minimum absolute atomic E-state index is 0.0803. The van der Waals surface area contributed by atoms with Crippen LogP contribution in [0, 0.1) is 0 Å². The number of nitrogens with zero attached hydrogens (tertiary/aromatic N) is 1. The summed E-state index contributed by atoms with van der Waals surface area (Å²) < 4.78 is 11.0. The van der Waals surface area contributed by atoms with E-state index in [1.54, 1.807) is 6.92 Å². The number of carbonyl (C=O) groups excluding carboxylic acids is 2. The Morgan fingerprint density at radius 2 is 1.44 bits per heavy atom. The summed E-state index contributed by atoms with van der Waals surface area (Å²) in [7, 11) is 1.34. The van der Waals surface area contributed by atoms with Gasteiger partial charge in [0.25, 0.3) is 0 Å². The summed E-state index contributed by atoms with van der Waals surface area (Å²) in [5.74, 6) is -0.825. The maximum absolute atomic E-state index is 13.2. The number of allylic oxidation sites excluding steroid dienone is 2. The summed E-state index contributed by atoms with van der Waals surface area (Å²) in [4.78, 5) is 27.8. The van der Waals surface area contributed by atoms with Crippen LogP contribution in [0.15, 0.2) is 83.2 Å². The van der Waals surface area contributed by atoms with Crippen LogP contribution in [0.4, 0.5) is 0 Å². The largest absolute Gasteiger partial charge is 0.466 e. The van der Waals surface area contributed by atoms with Gasteiger partial charge < -0.3 is 14.8 Å². The molecule has 2 aliphatic rings. The number of ether oxygens (including phenoxy) is 2. The normalized spacial score (nSPS) is 21.0. The molecular weight excluding hydrogens is 428 g/mol. The lowest BCUT2D eigenvalue weighted by molar-refractivity contribution is -0.152. The maximum atomic E-state index is 13.2. The number of dihydropyridines is 1. The highest BCUT2D eigenvalue weighted by atomic mass is 16.6. The topological polar surface area (TPSA) is 67.9 Å². The Labute approximate surface area is 201 Å².